The molecule has 0 amide bonds. The minimum atomic E-state index is 0.144. The average Bonchev–Trinajstić information content (AvgIpc) is 2.68. The van der Waals surface area contributed by atoms with Crippen molar-refractivity contribution >= 4 is 28.3 Å². The van der Waals surface area contributed by atoms with Crippen LogP contribution in [-0.4, -0.2) is 5.54 Å². The summed E-state index contributed by atoms with van der Waals surface area (Å²) in [6, 6.07) is 17.3. The van der Waals surface area contributed by atoms with E-state index in [0.717, 1.165) is 12.8 Å². The van der Waals surface area contributed by atoms with Crippen molar-refractivity contribution in [2.24, 2.45) is 0 Å². The van der Waals surface area contributed by atoms with Crippen molar-refractivity contribution in [1.82, 2.24) is 0 Å². The van der Waals surface area contributed by atoms with E-state index in [2.05, 4.69) is 83.4 Å². The smallest absolute Gasteiger partial charge is 0.0427 e. The predicted molar refractivity (Wildman–Crippen MR) is 85.0 cm³/mol. The molecular weight excluding hydrogens is 333 g/mol. The minimum absolute atomic E-state index is 0.144. The normalized spacial score (nSPS) is 21.4. The molecule has 2 aromatic carbocycles. The fraction of sp³-hybridized carbons (Fsp3) is 0.250. The predicted octanol–water partition coefficient (Wildman–Crippen LogP) is 4.26. The van der Waals surface area contributed by atoms with Gasteiger partial charge in [0.2, 0.25) is 0 Å². The molecule has 3 rings (SSSR count). The fourth-order valence-electron chi connectivity index (χ4n) is 2.75. The quantitative estimate of drug-likeness (QED) is 0.799. The van der Waals surface area contributed by atoms with Gasteiger partial charge in [-0.15, -0.1) is 0 Å². The Bertz CT molecular complexity index is 552. The van der Waals surface area contributed by atoms with Crippen LogP contribution in [-0.2, 0) is 12.8 Å². The number of benzene rings is 2. The van der Waals surface area contributed by atoms with E-state index in [4.69, 9.17) is 0 Å². The number of hydrogen-bond acceptors (Lipinski definition) is 1. The lowest BCUT2D eigenvalue weighted by atomic mass is 9.90. The molecule has 1 heterocycles. The number of halogens is 1. The van der Waals surface area contributed by atoms with Crippen LogP contribution < -0.4 is 5.32 Å². The number of para-hydroxylation sites is 1. The summed E-state index contributed by atoms with van der Waals surface area (Å²) < 4.78 is 1.36. The van der Waals surface area contributed by atoms with Gasteiger partial charge >= 0.3 is 0 Å². The van der Waals surface area contributed by atoms with E-state index < -0.39 is 0 Å². The molecule has 0 radical (unpaired) electrons. The molecule has 0 aromatic heterocycles. The van der Waals surface area contributed by atoms with Crippen LogP contribution in [0.25, 0.3) is 0 Å². The third-order valence-corrected chi connectivity index (χ3v) is 4.63. The van der Waals surface area contributed by atoms with E-state index in [1.165, 1.54) is 20.4 Å². The summed E-state index contributed by atoms with van der Waals surface area (Å²) in [5.41, 5.74) is 4.31. The lowest BCUT2D eigenvalue weighted by molar-refractivity contribution is 0.529. The van der Waals surface area contributed by atoms with Crippen molar-refractivity contribution in [3.05, 3.63) is 63.2 Å². The Morgan fingerprint density at radius 3 is 2.61 bits per heavy atom. The number of fused-ring (bicyclic) bond motifs is 1. The molecule has 0 spiro atoms. The van der Waals surface area contributed by atoms with Crippen LogP contribution in [0.1, 0.15) is 18.1 Å². The highest BCUT2D eigenvalue weighted by atomic mass is 127. The Labute approximate surface area is 122 Å². The zero-order chi connectivity index (χ0) is 12.6. The molecular formula is C16H16IN. The summed E-state index contributed by atoms with van der Waals surface area (Å²) >= 11 is 2.43. The van der Waals surface area contributed by atoms with Crippen LogP contribution in [0.15, 0.2) is 48.5 Å². The second kappa shape index (κ2) is 4.57. The maximum absolute atomic E-state index is 3.68. The topological polar surface area (TPSA) is 12.0 Å². The zero-order valence-electron chi connectivity index (χ0n) is 10.4. The van der Waals surface area contributed by atoms with Crippen molar-refractivity contribution in [2.45, 2.75) is 25.3 Å². The first-order valence-electron chi connectivity index (χ1n) is 6.26. The van der Waals surface area contributed by atoms with Gasteiger partial charge in [0, 0.05) is 14.8 Å². The van der Waals surface area contributed by atoms with Crippen LogP contribution in [0.2, 0.25) is 0 Å². The number of hydrogen-bond donors (Lipinski definition) is 1. The number of anilines is 1. The van der Waals surface area contributed by atoms with Crippen LogP contribution in [0.5, 0.6) is 0 Å². The first-order valence-corrected chi connectivity index (χ1v) is 7.34. The van der Waals surface area contributed by atoms with Crippen LogP contribution >= 0.6 is 22.6 Å². The largest absolute Gasteiger partial charge is 0.379 e. The molecule has 1 aliphatic heterocycles. The van der Waals surface area contributed by atoms with Crippen molar-refractivity contribution in [2.75, 3.05) is 5.32 Å². The molecule has 0 fully saturated rings. The summed E-state index contributed by atoms with van der Waals surface area (Å²) in [4.78, 5) is 0. The van der Waals surface area contributed by atoms with E-state index in [9.17, 15) is 0 Å². The summed E-state index contributed by atoms with van der Waals surface area (Å²) in [6.45, 7) is 2.32. The Balaban J connectivity index is 1.85. The van der Waals surface area contributed by atoms with E-state index in [0.29, 0.717) is 0 Å². The molecule has 92 valence electrons. The Morgan fingerprint density at radius 1 is 1.11 bits per heavy atom. The van der Waals surface area contributed by atoms with Gasteiger partial charge in [0.05, 0.1) is 0 Å². The molecule has 18 heavy (non-hydrogen) atoms. The maximum atomic E-state index is 3.68. The van der Waals surface area contributed by atoms with Crippen molar-refractivity contribution < 1.29 is 0 Å². The molecule has 0 saturated heterocycles. The van der Waals surface area contributed by atoms with Gasteiger partial charge < -0.3 is 5.32 Å². The molecule has 1 nitrogen and oxygen atoms in total. The van der Waals surface area contributed by atoms with Gasteiger partial charge in [0.1, 0.15) is 0 Å². The SMILES string of the molecule is C[C@@]1(Cc2ccccc2I)Cc2ccccc2N1. The summed E-state index contributed by atoms with van der Waals surface area (Å²) in [5, 5.41) is 3.68. The molecule has 1 aliphatic rings. The Morgan fingerprint density at radius 2 is 1.83 bits per heavy atom. The summed E-state index contributed by atoms with van der Waals surface area (Å²) in [7, 11) is 0. The molecule has 2 aromatic rings. The number of nitrogens with one attached hydrogen (secondary N) is 1. The van der Waals surface area contributed by atoms with Gasteiger partial charge in [-0.2, -0.15) is 0 Å². The van der Waals surface area contributed by atoms with E-state index in [1.54, 1.807) is 0 Å². The molecule has 0 aliphatic carbocycles. The van der Waals surface area contributed by atoms with Crippen molar-refractivity contribution in [3.63, 3.8) is 0 Å². The van der Waals surface area contributed by atoms with Crippen LogP contribution in [0.4, 0.5) is 5.69 Å². The highest BCUT2D eigenvalue weighted by Crippen LogP contribution is 2.34. The zero-order valence-corrected chi connectivity index (χ0v) is 12.6. The second-order valence-corrected chi connectivity index (χ2v) is 6.45. The van der Waals surface area contributed by atoms with Crippen molar-refractivity contribution in [3.8, 4) is 0 Å². The molecule has 0 saturated carbocycles. The maximum Gasteiger partial charge on any atom is 0.0427 e. The molecule has 1 atom stereocenters. The van der Waals surface area contributed by atoms with Gasteiger partial charge in [-0.1, -0.05) is 36.4 Å². The van der Waals surface area contributed by atoms with Gasteiger partial charge in [0.15, 0.2) is 0 Å². The van der Waals surface area contributed by atoms with E-state index in [1.807, 2.05) is 0 Å². The second-order valence-electron chi connectivity index (χ2n) is 5.29. The molecule has 0 unspecified atom stereocenters. The van der Waals surface area contributed by atoms with E-state index >= 15 is 0 Å². The van der Waals surface area contributed by atoms with Crippen LogP contribution in [0.3, 0.4) is 0 Å². The molecule has 2 heteroatoms. The minimum Gasteiger partial charge on any atom is -0.379 e. The first kappa shape index (κ1) is 12.0. The van der Waals surface area contributed by atoms with E-state index in [-0.39, 0.29) is 5.54 Å². The standard InChI is InChI=1S/C16H16IN/c1-16(10-12-6-2-4-8-14(12)17)11-13-7-3-5-9-15(13)18-16/h2-9,18H,10-11H2,1H3/t16-/m1/s1. The average molecular weight is 349 g/mol. The van der Waals surface area contributed by atoms with Gasteiger partial charge in [-0.3, -0.25) is 0 Å². The Hall–Kier alpha value is -1.03. The van der Waals surface area contributed by atoms with Gasteiger partial charge in [-0.05, 0) is 65.6 Å². The summed E-state index contributed by atoms with van der Waals surface area (Å²) in [5.74, 6) is 0. The monoisotopic (exact) mass is 349 g/mol. The lowest BCUT2D eigenvalue weighted by Gasteiger charge is -2.26. The first-order chi connectivity index (χ1) is 8.66. The Kier molecular flexibility index (Phi) is 3.06. The third-order valence-electron chi connectivity index (χ3n) is 3.57. The molecule has 0 bridgehead atoms. The molecule has 1 N–H and O–H groups in total. The van der Waals surface area contributed by atoms with Gasteiger partial charge in [-0.25, -0.2) is 0 Å². The fourth-order valence-corrected chi connectivity index (χ4v) is 3.33. The van der Waals surface area contributed by atoms with Crippen LogP contribution in [0, 0.1) is 3.57 Å². The van der Waals surface area contributed by atoms with Gasteiger partial charge in [0.25, 0.3) is 0 Å². The lowest BCUT2D eigenvalue weighted by Crippen LogP contribution is -2.35. The third kappa shape index (κ3) is 2.26. The number of rotatable bonds is 2. The highest BCUT2D eigenvalue weighted by molar-refractivity contribution is 14.1. The summed E-state index contributed by atoms with van der Waals surface area (Å²) in [6.07, 6.45) is 2.18. The van der Waals surface area contributed by atoms with Crippen molar-refractivity contribution in [1.29, 1.82) is 0 Å². The highest BCUT2D eigenvalue weighted by Gasteiger charge is 2.32.